The lowest BCUT2D eigenvalue weighted by atomic mass is 9.95. The number of nitrogens with zero attached hydrogens (tertiary/aromatic N) is 3. The maximum absolute atomic E-state index is 6.08. The van der Waals surface area contributed by atoms with Crippen molar-refractivity contribution in [3.8, 4) is 0 Å². The summed E-state index contributed by atoms with van der Waals surface area (Å²) in [5.74, 6) is 3.10. The van der Waals surface area contributed by atoms with Crippen molar-refractivity contribution in [1.29, 1.82) is 0 Å². The van der Waals surface area contributed by atoms with E-state index >= 15 is 0 Å². The summed E-state index contributed by atoms with van der Waals surface area (Å²) in [7, 11) is 0. The van der Waals surface area contributed by atoms with Crippen molar-refractivity contribution in [1.82, 2.24) is 9.97 Å². The van der Waals surface area contributed by atoms with Crippen molar-refractivity contribution in [3.63, 3.8) is 0 Å². The zero-order chi connectivity index (χ0) is 15.6. The molecule has 0 fully saturated rings. The fraction of sp³-hybridized carbons (Fsp3) is 0.500. The summed E-state index contributed by atoms with van der Waals surface area (Å²) in [6.45, 7) is 11.8. The van der Waals surface area contributed by atoms with Gasteiger partial charge in [-0.15, -0.1) is 0 Å². The number of hydrogen-bond acceptors (Lipinski definition) is 5. The Bertz CT molecular complexity index is 599. The minimum atomic E-state index is -0.138. The fourth-order valence-corrected chi connectivity index (χ4v) is 2.09. The summed E-state index contributed by atoms with van der Waals surface area (Å²) in [5.41, 5.74) is 6.86. The maximum Gasteiger partial charge on any atom is 0.138 e. The van der Waals surface area contributed by atoms with Crippen molar-refractivity contribution in [2.45, 2.75) is 46.6 Å². The molecule has 2 heterocycles. The van der Waals surface area contributed by atoms with Crippen LogP contribution in [0.25, 0.3) is 0 Å². The van der Waals surface area contributed by atoms with Gasteiger partial charge in [-0.05, 0) is 26.0 Å². The van der Waals surface area contributed by atoms with Crippen molar-refractivity contribution < 1.29 is 4.42 Å². The Labute approximate surface area is 126 Å². The predicted octanol–water partition coefficient (Wildman–Crippen LogP) is 3.28. The molecule has 0 saturated heterocycles. The Balaban J connectivity index is 2.42. The van der Waals surface area contributed by atoms with Gasteiger partial charge in [-0.2, -0.15) is 0 Å². The molecule has 0 radical (unpaired) electrons. The first-order chi connectivity index (χ1) is 9.82. The highest BCUT2D eigenvalue weighted by molar-refractivity contribution is 5.56. The minimum absolute atomic E-state index is 0.138. The van der Waals surface area contributed by atoms with Crippen LogP contribution in [0, 0.1) is 6.92 Å². The molecule has 0 saturated carbocycles. The molecule has 0 bridgehead atoms. The largest absolute Gasteiger partial charge is 0.467 e. The van der Waals surface area contributed by atoms with E-state index in [1.54, 1.807) is 6.26 Å². The first-order valence-corrected chi connectivity index (χ1v) is 7.24. The lowest BCUT2D eigenvalue weighted by Crippen LogP contribution is -2.27. The SMILES string of the molecule is CCN(Cc1ccco1)c1nc(C(C)(C)C)nc(N)c1C. The van der Waals surface area contributed by atoms with Crippen LogP contribution in [0.3, 0.4) is 0 Å². The van der Waals surface area contributed by atoms with E-state index in [9.17, 15) is 0 Å². The van der Waals surface area contributed by atoms with Crippen molar-refractivity contribution in [2.75, 3.05) is 17.2 Å². The highest BCUT2D eigenvalue weighted by Gasteiger charge is 2.22. The van der Waals surface area contributed by atoms with Gasteiger partial charge in [-0.1, -0.05) is 20.8 Å². The van der Waals surface area contributed by atoms with E-state index in [0.717, 1.165) is 29.5 Å². The summed E-state index contributed by atoms with van der Waals surface area (Å²) in [5, 5.41) is 0. The van der Waals surface area contributed by atoms with Crippen LogP contribution in [-0.2, 0) is 12.0 Å². The van der Waals surface area contributed by atoms with Gasteiger partial charge in [0.1, 0.15) is 23.2 Å². The Hall–Kier alpha value is -2.04. The van der Waals surface area contributed by atoms with Gasteiger partial charge in [0.2, 0.25) is 0 Å². The van der Waals surface area contributed by atoms with Crippen LogP contribution in [0.1, 0.15) is 44.8 Å². The van der Waals surface area contributed by atoms with E-state index in [4.69, 9.17) is 15.1 Å². The molecule has 0 amide bonds. The van der Waals surface area contributed by atoms with Crippen molar-refractivity contribution in [2.24, 2.45) is 0 Å². The predicted molar refractivity (Wildman–Crippen MR) is 85.3 cm³/mol. The van der Waals surface area contributed by atoms with Gasteiger partial charge < -0.3 is 15.1 Å². The van der Waals surface area contributed by atoms with E-state index in [0.29, 0.717) is 12.4 Å². The first-order valence-electron chi connectivity index (χ1n) is 7.24. The number of rotatable bonds is 4. The van der Waals surface area contributed by atoms with Gasteiger partial charge in [0.05, 0.1) is 12.8 Å². The van der Waals surface area contributed by atoms with Crippen LogP contribution in [0.4, 0.5) is 11.6 Å². The van der Waals surface area contributed by atoms with Crippen molar-refractivity contribution in [3.05, 3.63) is 35.5 Å². The minimum Gasteiger partial charge on any atom is -0.467 e. The monoisotopic (exact) mass is 288 g/mol. The molecule has 21 heavy (non-hydrogen) atoms. The van der Waals surface area contributed by atoms with Crippen LogP contribution < -0.4 is 10.6 Å². The average molecular weight is 288 g/mol. The number of aromatic nitrogens is 2. The molecule has 2 N–H and O–H groups in total. The molecule has 2 rings (SSSR count). The van der Waals surface area contributed by atoms with Crippen molar-refractivity contribution >= 4 is 11.6 Å². The highest BCUT2D eigenvalue weighted by Crippen LogP contribution is 2.27. The number of nitrogen functional groups attached to an aromatic ring is 1. The zero-order valence-corrected chi connectivity index (χ0v) is 13.5. The molecule has 0 aromatic carbocycles. The number of nitrogens with two attached hydrogens (primary N) is 1. The topological polar surface area (TPSA) is 68.2 Å². The number of hydrogen-bond donors (Lipinski definition) is 1. The smallest absolute Gasteiger partial charge is 0.138 e. The first kappa shape index (κ1) is 15.4. The molecular weight excluding hydrogens is 264 g/mol. The third-order valence-electron chi connectivity index (χ3n) is 3.44. The summed E-state index contributed by atoms with van der Waals surface area (Å²) >= 11 is 0. The van der Waals surface area contributed by atoms with E-state index in [2.05, 4.69) is 37.6 Å². The second-order valence-electron chi connectivity index (χ2n) is 6.22. The standard InChI is InChI=1S/C16H24N4O/c1-6-20(10-12-8-7-9-21-12)14-11(2)13(17)18-15(19-14)16(3,4)5/h7-9H,6,10H2,1-5H3,(H2,17,18,19). The summed E-state index contributed by atoms with van der Waals surface area (Å²) in [4.78, 5) is 11.3. The Morgan fingerprint density at radius 1 is 1.29 bits per heavy atom. The van der Waals surface area contributed by atoms with Gasteiger partial charge in [-0.25, -0.2) is 9.97 Å². The molecule has 5 heteroatoms. The molecule has 0 aliphatic rings. The molecule has 2 aromatic rings. The Kier molecular flexibility index (Phi) is 4.21. The van der Waals surface area contributed by atoms with Gasteiger partial charge in [-0.3, -0.25) is 0 Å². The normalized spacial score (nSPS) is 11.7. The quantitative estimate of drug-likeness (QED) is 0.935. The lowest BCUT2D eigenvalue weighted by Gasteiger charge is -2.26. The third-order valence-corrected chi connectivity index (χ3v) is 3.44. The van der Waals surface area contributed by atoms with E-state index in [1.165, 1.54) is 0 Å². The van der Waals surface area contributed by atoms with E-state index in [-0.39, 0.29) is 5.41 Å². The number of furan rings is 1. The van der Waals surface area contributed by atoms with Gasteiger partial charge in [0.25, 0.3) is 0 Å². The van der Waals surface area contributed by atoms with Crippen LogP contribution in [0.2, 0.25) is 0 Å². The second-order valence-corrected chi connectivity index (χ2v) is 6.22. The molecular formula is C16H24N4O. The van der Waals surface area contributed by atoms with Gasteiger partial charge >= 0.3 is 0 Å². The van der Waals surface area contributed by atoms with E-state index in [1.807, 2.05) is 19.1 Å². The zero-order valence-electron chi connectivity index (χ0n) is 13.5. The van der Waals surface area contributed by atoms with Gasteiger partial charge in [0, 0.05) is 17.5 Å². The Morgan fingerprint density at radius 2 is 2.00 bits per heavy atom. The van der Waals surface area contributed by atoms with Crippen LogP contribution in [0.15, 0.2) is 22.8 Å². The summed E-state index contributed by atoms with van der Waals surface area (Å²) in [6, 6.07) is 3.86. The molecule has 114 valence electrons. The highest BCUT2D eigenvalue weighted by atomic mass is 16.3. The van der Waals surface area contributed by atoms with E-state index < -0.39 is 0 Å². The molecule has 0 spiro atoms. The van der Waals surface area contributed by atoms with Crippen LogP contribution in [-0.4, -0.2) is 16.5 Å². The van der Waals surface area contributed by atoms with Gasteiger partial charge in [0.15, 0.2) is 0 Å². The molecule has 0 aliphatic carbocycles. The maximum atomic E-state index is 6.08. The van der Waals surface area contributed by atoms with Crippen LogP contribution in [0.5, 0.6) is 0 Å². The summed E-state index contributed by atoms with van der Waals surface area (Å²) < 4.78 is 5.44. The van der Waals surface area contributed by atoms with Crippen LogP contribution >= 0.6 is 0 Å². The lowest BCUT2D eigenvalue weighted by molar-refractivity contribution is 0.501. The molecule has 0 unspecified atom stereocenters. The molecule has 2 aromatic heterocycles. The number of anilines is 2. The second kappa shape index (κ2) is 5.76. The third kappa shape index (κ3) is 3.35. The molecule has 5 nitrogen and oxygen atoms in total. The Morgan fingerprint density at radius 3 is 2.52 bits per heavy atom. The summed E-state index contributed by atoms with van der Waals surface area (Å²) in [6.07, 6.45) is 1.69. The molecule has 0 aliphatic heterocycles. The average Bonchev–Trinajstić information content (AvgIpc) is 2.91. The molecule has 0 atom stereocenters. The fourth-order valence-electron chi connectivity index (χ4n) is 2.09.